The Morgan fingerprint density at radius 1 is 0.455 bits per heavy atom. The molecule has 3 heteroatoms. The van der Waals surface area contributed by atoms with E-state index < -0.39 is 0 Å². The largest absolute Gasteiger partial charge is 0.350 e. The summed E-state index contributed by atoms with van der Waals surface area (Å²) in [5.41, 5.74) is 16.1. The SMILES string of the molecule is CC1(C)c2cc(-c3cccc(-c4ccc(C5NC(c6ccccc6)=NC(c6ccccc6)N5)cc4)c3)ccc2-c2c1cc1ccccc1c2-c1ccccc1. The van der Waals surface area contributed by atoms with Crippen molar-refractivity contribution >= 4 is 16.6 Å². The van der Waals surface area contributed by atoms with E-state index in [1.54, 1.807) is 0 Å². The Labute approximate surface area is 323 Å². The Morgan fingerprint density at radius 3 is 1.80 bits per heavy atom. The average molecular weight is 708 g/mol. The van der Waals surface area contributed by atoms with Crippen LogP contribution in [0.15, 0.2) is 193 Å². The molecule has 0 radical (unpaired) electrons. The van der Waals surface area contributed by atoms with E-state index >= 15 is 0 Å². The first-order valence-electron chi connectivity index (χ1n) is 19.2. The van der Waals surface area contributed by atoms with Crippen molar-refractivity contribution < 1.29 is 0 Å². The van der Waals surface area contributed by atoms with Gasteiger partial charge in [-0.15, -0.1) is 0 Å². The minimum atomic E-state index is -0.159. The number of hydrogen-bond donors (Lipinski definition) is 2. The molecule has 0 fully saturated rings. The van der Waals surface area contributed by atoms with E-state index in [2.05, 4.69) is 200 Å². The minimum absolute atomic E-state index is 0.0998. The summed E-state index contributed by atoms with van der Waals surface area (Å²) in [6.07, 6.45) is -0.259. The van der Waals surface area contributed by atoms with E-state index in [4.69, 9.17) is 4.99 Å². The predicted octanol–water partition coefficient (Wildman–Crippen LogP) is 12.5. The van der Waals surface area contributed by atoms with Crippen LogP contribution in [-0.2, 0) is 5.41 Å². The van der Waals surface area contributed by atoms with Gasteiger partial charge in [0.05, 0.1) is 0 Å². The van der Waals surface area contributed by atoms with Crippen LogP contribution >= 0.6 is 0 Å². The van der Waals surface area contributed by atoms with Crippen LogP contribution in [-0.4, -0.2) is 5.84 Å². The van der Waals surface area contributed by atoms with Crippen LogP contribution in [0.2, 0.25) is 0 Å². The van der Waals surface area contributed by atoms with Gasteiger partial charge >= 0.3 is 0 Å². The number of nitrogens with one attached hydrogen (secondary N) is 2. The second kappa shape index (κ2) is 13.4. The van der Waals surface area contributed by atoms with Crippen molar-refractivity contribution in [2.75, 3.05) is 0 Å². The summed E-state index contributed by atoms with van der Waals surface area (Å²) < 4.78 is 0. The van der Waals surface area contributed by atoms with Gasteiger partial charge in [0.25, 0.3) is 0 Å². The number of rotatable bonds is 6. The van der Waals surface area contributed by atoms with Gasteiger partial charge in [-0.25, -0.2) is 4.99 Å². The molecular formula is C52H41N3. The molecule has 1 aliphatic heterocycles. The van der Waals surface area contributed by atoms with Gasteiger partial charge in [-0.05, 0) is 95.7 Å². The zero-order chi connectivity index (χ0) is 36.9. The second-order valence-electron chi connectivity index (χ2n) is 15.3. The normalized spacial score (nSPS) is 16.9. The molecule has 264 valence electrons. The van der Waals surface area contributed by atoms with Crippen molar-refractivity contribution in [3.63, 3.8) is 0 Å². The first kappa shape index (κ1) is 33.1. The molecule has 0 spiro atoms. The number of aliphatic imine (C=N–C) groups is 1. The molecule has 2 N–H and O–H groups in total. The first-order valence-corrected chi connectivity index (χ1v) is 19.2. The van der Waals surface area contributed by atoms with E-state index in [9.17, 15) is 0 Å². The number of hydrogen-bond acceptors (Lipinski definition) is 3. The van der Waals surface area contributed by atoms with Crippen LogP contribution in [0.1, 0.15) is 54.0 Å². The molecular weight excluding hydrogens is 667 g/mol. The molecule has 55 heavy (non-hydrogen) atoms. The van der Waals surface area contributed by atoms with Gasteiger partial charge in [-0.2, -0.15) is 0 Å². The summed E-state index contributed by atoms with van der Waals surface area (Å²) >= 11 is 0. The molecule has 1 aliphatic carbocycles. The summed E-state index contributed by atoms with van der Waals surface area (Å²) in [5.74, 6) is 0.889. The summed E-state index contributed by atoms with van der Waals surface area (Å²) in [6.45, 7) is 4.77. The molecule has 0 amide bonds. The van der Waals surface area contributed by atoms with Crippen molar-refractivity contribution in [3.05, 3.63) is 216 Å². The smallest absolute Gasteiger partial charge is 0.131 e. The van der Waals surface area contributed by atoms with E-state index in [1.807, 2.05) is 12.1 Å². The average Bonchev–Trinajstić information content (AvgIpc) is 3.48. The summed E-state index contributed by atoms with van der Waals surface area (Å²) in [5, 5.41) is 9.99. The Hall–Kier alpha value is -6.55. The highest BCUT2D eigenvalue weighted by atomic mass is 15.3. The van der Waals surface area contributed by atoms with Gasteiger partial charge in [-0.3, -0.25) is 5.32 Å². The molecule has 2 aliphatic rings. The third-order valence-corrected chi connectivity index (χ3v) is 11.5. The molecule has 1 heterocycles. The van der Waals surface area contributed by atoms with Crippen LogP contribution in [0.4, 0.5) is 0 Å². The maximum atomic E-state index is 5.07. The lowest BCUT2D eigenvalue weighted by Crippen LogP contribution is -2.44. The Morgan fingerprint density at radius 2 is 1.05 bits per heavy atom. The summed E-state index contributed by atoms with van der Waals surface area (Å²) in [6, 6.07) is 68.0. The molecule has 0 saturated heterocycles. The highest BCUT2D eigenvalue weighted by molar-refractivity contribution is 6.08. The molecule has 3 nitrogen and oxygen atoms in total. The lowest BCUT2D eigenvalue weighted by atomic mass is 9.80. The molecule has 8 aromatic rings. The van der Waals surface area contributed by atoms with Gasteiger partial charge in [0, 0.05) is 11.0 Å². The highest BCUT2D eigenvalue weighted by Gasteiger charge is 2.38. The van der Waals surface area contributed by atoms with E-state index in [-0.39, 0.29) is 17.7 Å². The van der Waals surface area contributed by atoms with Gasteiger partial charge in [0.1, 0.15) is 18.2 Å². The van der Waals surface area contributed by atoms with Crippen molar-refractivity contribution in [2.45, 2.75) is 31.6 Å². The Balaban J connectivity index is 0.974. The van der Waals surface area contributed by atoms with E-state index in [0.717, 1.165) is 22.5 Å². The second-order valence-corrected chi connectivity index (χ2v) is 15.3. The fraction of sp³-hybridized carbons (Fsp3) is 0.0962. The Bertz CT molecular complexity index is 2710. The molecule has 0 saturated carbocycles. The molecule has 2 unspecified atom stereocenters. The topological polar surface area (TPSA) is 36.4 Å². The number of nitrogens with zero attached hydrogens (tertiary/aromatic N) is 1. The van der Waals surface area contributed by atoms with E-state index in [0.29, 0.717) is 0 Å². The molecule has 0 bridgehead atoms. The quantitative estimate of drug-likeness (QED) is 0.180. The summed E-state index contributed by atoms with van der Waals surface area (Å²) in [4.78, 5) is 5.07. The van der Waals surface area contributed by atoms with Crippen LogP contribution in [0.3, 0.4) is 0 Å². The summed E-state index contributed by atoms with van der Waals surface area (Å²) in [7, 11) is 0. The molecule has 10 rings (SSSR count). The molecule has 8 aromatic carbocycles. The third-order valence-electron chi connectivity index (χ3n) is 11.5. The minimum Gasteiger partial charge on any atom is -0.350 e. The number of amidine groups is 1. The van der Waals surface area contributed by atoms with Crippen molar-refractivity contribution in [1.82, 2.24) is 10.6 Å². The molecule has 2 atom stereocenters. The highest BCUT2D eigenvalue weighted by Crippen LogP contribution is 2.55. The zero-order valence-electron chi connectivity index (χ0n) is 31.0. The fourth-order valence-electron chi connectivity index (χ4n) is 8.65. The lowest BCUT2D eigenvalue weighted by molar-refractivity contribution is 0.409. The molecule has 0 aromatic heterocycles. The Kier molecular flexibility index (Phi) is 8.04. The third kappa shape index (κ3) is 5.85. The predicted molar refractivity (Wildman–Crippen MR) is 229 cm³/mol. The maximum Gasteiger partial charge on any atom is 0.131 e. The first-order chi connectivity index (χ1) is 27.0. The van der Waals surface area contributed by atoms with E-state index in [1.165, 1.54) is 66.4 Å². The van der Waals surface area contributed by atoms with Crippen LogP contribution in [0.25, 0.3) is 55.3 Å². The van der Waals surface area contributed by atoms with Crippen LogP contribution < -0.4 is 10.6 Å². The van der Waals surface area contributed by atoms with Gasteiger partial charge < -0.3 is 5.32 Å². The van der Waals surface area contributed by atoms with Crippen molar-refractivity contribution in [2.24, 2.45) is 4.99 Å². The monoisotopic (exact) mass is 707 g/mol. The lowest BCUT2D eigenvalue weighted by Gasteiger charge is -2.32. The van der Waals surface area contributed by atoms with Crippen LogP contribution in [0.5, 0.6) is 0 Å². The standard InChI is InChI=1S/C52H41N3/c1-52(2)45-32-41(29-30-44(45)48-46(52)33-42-21-12-13-24-43(42)47(48)35-15-6-3-7-16-35)40-23-14-22-39(31-40)34-25-27-38(28-26-34)51-54-49(36-17-8-4-9-18-36)53-50(55-51)37-19-10-5-11-20-37/h3-33,49,51,54H,1-2H3,(H,53,55). The number of fused-ring (bicyclic) bond motifs is 4. The van der Waals surface area contributed by atoms with Crippen LogP contribution in [0, 0.1) is 0 Å². The van der Waals surface area contributed by atoms with Crippen molar-refractivity contribution in [1.29, 1.82) is 0 Å². The van der Waals surface area contributed by atoms with Gasteiger partial charge in [-0.1, -0.05) is 184 Å². The zero-order valence-corrected chi connectivity index (χ0v) is 31.0. The maximum absolute atomic E-state index is 5.07. The fourth-order valence-corrected chi connectivity index (χ4v) is 8.65. The van der Waals surface area contributed by atoms with Gasteiger partial charge in [0.15, 0.2) is 0 Å². The van der Waals surface area contributed by atoms with Crippen molar-refractivity contribution in [3.8, 4) is 44.5 Å². The number of benzene rings is 8. The van der Waals surface area contributed by atoms with Gasteiger partial charge in [0.2, 0.25) is 0 Å².